The van der Waals surface area contributed by atoms with Gasteiger partial charge in [0.05, 0.1) is 19.8 Å². The number of aryl methyl sites for hydroxylation is 1. The number of nitrogens with one attached hydrogen (secondary N) is 1. The number of ether oxygens (including phenoxy) is 2. The van der Waals surface area contributed by atoms with Crippen LogP contribution in [-0.4, -0.2) is 55.8 Å². The van der Waals surface area contributed by atoms with Crippen LogP contribution >= 0.6 is 11.6 Å². The molecule has 140 valence electrons. The quantitative estimate of drug-likeness (QED) is 0.716. The third-order valence-corrected chi connectivity index (χ3v) is 4.96. The van der Waals surface area contributed by atoms with Gasteiger partial charge >= 0.3 is 0 Å². The number of morpholine rings is 1. The predicted octanol–water partition coefficient (Wildman–Crippen LogP) is 3.03. The van der Waals surface area contributed by atoms with E-state index in [0.717, 1.165) is 42.6 Å². The van der Waals surface area contributed by atoms with E-state index >= 15 is 0 Å². The average molecular weight is 369 g/mol. The monoisotopic (exact) mass is 368 g/mol. The van der Waals surface area contributed by atoms with Crippen molar-refractivity contribution in [1.82, 2.24) is 10.2 Å². The number of carbonyl (C=O) groups excluding carboxylic acids is 1. The van der Waals surface area contributed by atoms with Crippen LogP contribution in [0.15, 0.2) is 18.2 Å². The summed E-state index contributed by atoms with van der Waals surface area (Å²) >= 11 is 5.99. The fraction of sp³-hybridized carbons (Fsp3) is 0.632. The van der Waals surface area contributed by atoms with Crippen molar-refractivity contribution in [2.24, 2.45) is 0 Å². The maximum Gasteiger partial charge on any atom is 0.220 e. The van der Waals surface area contributed by atoms with Crippen LogP contribution in [0.4, 0.5) is 0 Å². The van der Waals surface area contributed by atoms with Gasteiger partial charge in [0.15, 0.2) is 0 Å². The van der Waals surface area contributed by atoms with Crippen LogP contribution in [0.1, 0.15) is 32.3 Å². The Kier molecular flexibility index (Phi) is 7.54. The highest BCUT2D eigenvalue weighted by Gasteiger charge is 2.28. The lowest BCUT2D eigenvalue weighted by atomic mass is 10.0. The van der Waals surface area contributed by atoms with Crippen LogP contribution in [0.25, 0.3) is 0 Å². The fourth-order valence-electron chi connectivity index (χ4n) is 2.81. The van der Waals surface area contributed by atoms with Gasteiger partial charge in [0, 0.05) is 36.6 Å². The molecule has 1 aromatic rings. The molecule has 0 atom stereocenters. The first-order chi connectivity index (χ1) is 11.9. The molecule has 1 aromatic carbocycles. The molecule has 1 fully saturated rings. The highest BCUT2D eigenvalue weighted by molar-refractivity contribution is 6.31. The van der Waals surface area contributed by atoms with E-state index in [-0.39, 0.29) is 11.4 Å². The van der Waals surface area contributed by atoms with E-state index in [1.54, 1.807) is 0 Å². The zero-order chi connectivity index (χ0) is 18.3. The molecule has 0 aliphatic carbocycles. The lowest BCUT2D eigenvalue weighted by Crippen LogP contribution is -2.55. The van der Waals surface area contributed by atoms with Crippen molar-refractivity contribution in [3.63, 3.8) is 0 Å². The summed E-state index contributed by atoms with van der Waals surface area (Å²) in [7, 11) is 0. The van der Waals surface area contributed by atoms with E-state index in [4.69, 9.17) is 21.1 Å². The van der Waals surface area contributed by atoms with Crippen molar-refractivity contribution in [3.8, 4) is 5.75 Å². The minimum absolute atomic E-state index is 0.0588. The summed E-state index contributed by atoms with van der Waals surface area (Å²) in [6.45, 7) is 10.8. The molecule has 1 amide bonds. The standard InChI is InChI=1S/C19H29ClN2O3/c1-15-13-16(6-7-17(15)20)25-10-4-5-18(23)21-14-19(2,3)22-8-11-24-12-9-22/h6-7,13H,4-5,8-12,14H2,1-3H3,(H,21,23). The summed E-state index contributed by atoms with van der Waals surface area (Å²) in [6, 6.07) is 5.58. The van der Waals surface area contributed by atoms with Gasteiger partial charge in [-0.1, -0.05) is 11.6 Å². The highest BCUT2D eigenvalue weighted by Crippen LogP contribution is 2.21. The summed E-state index contributed by atoms with van der Waals surface area (Å²) in [5.41, 5.74) is 0.929. The van der Waals surface area contributed by atoms with Gasteiger partial charge < -0.3 is 14.8 Å². The number of rotatable bonds is 8. The second-order valence-corrected chi connectivity index (χ2v) is 7.46. The van der Waals surface area contributed by atoms with Gasteiger partial charge in [-0.25, -0.2) is 0 Å². The smallest absolute Gasteiger partial charge is 0.220 e. The van der Waals surface area contributed by atoms with Gasteiger partial charge in [-0.05, 0) is 51.0 Å². The van der Waals surface area contributed by atoms with E-state index in [1.807, 2.05) is 25.1 Å². The van der Waals surface area contributed by atoms with Crippen LogP contribution in [-0.2, 0) is 9.53 Å². The topological polar surface area (TPSA) is 50.8 Å². The Morgan fingerprint density at radius 3 is 2.76 bits per heavy atom. The fourth-order valence-corrected chi connectivity index (χ4v) is 2.93. The van der Waals surface area contributed by atoms with Crippen molar-refractivity contribution in [1.29, 1.82) is 0 Å². The first-order valence-electron chi connectivity index (χ1n) is 8.87. The van der Waals surface area contributed by atoms with Crippen molar-refractivity contribution in [2.75, 3.05) is 39.5 Å². The van der Waals surface area contributed by atoms with E-state index < -0.39 is 0 Å². The molecule has 1 N–H and O–H groups in total. The molecule has 25 heavy (non-hydrogen) atoms. The highest BCUT2D eigenvalue weighted by atomic mass is 35.5. The molecule has 1 aliphatic heterocycles. The number of benzene rings is 1. The molecule has 0 unspecified atom stereocenters. The molecule has 0 aromatic heterocycles. The van der Waals surface area contributed by atoms with Crippen LogP contribution in [0.3, 0.4) is 0 Å². The van der Waals surface area contributed by atoms with E-state index in [2.05, 4.69) is 24.1 Å². The van der Waals surface area contributed by atoms with Gasteiger partial charge in [-0.3, -0.25) is 9.69 Å². The summed E-state index contributed by atoms with van der Waals surface area (Å²) in [5, 5.41) is 3.77. The van der Waals surface area contributed by atoms with E-state index in [9.17, 15) is 4.79 Å². The molecule has 0 spiro atoms. The average Bonchev–Trinajstić information content (AvgIpc) is 2.61. The van der Waals surface area contributed by atoms with Gasteiger partial charge in [0.1, 0.15) is 5.75 Å². The lowest BCUT2D eigenvalue weighted by molar-refractivity contribution is -0.122. The number of carbonyl (C=O) groups is 1. The molecule has 1 heterocycles. The molecular formula is C19H29ClN2O3. The number of hydrogen-bond donors (Lipinski definition) is 1. The van der Waals surface area contributed by atoms with Crippen LogP contribution in [0, 0.1) is 6.92 Å². The first-order valence-corrected chi connectivity index (χ1v) is 9.25. The van der Waals surface area contributed by atoms with Crippen molar-refractivity contribution in [3.05, 3.63) is 28.8 Å². The molecule has 0 radical (unpaired) electrons. The molecule has 2 rings (SSSR count). The largest absolute Gasteiger partial charge is 0.494 e. The van der Waals surface area contributed by atoms with Gasteiger partial charge in [-0.2, -0.15) is 0 Å². The van der Waals surface area contributed by atoms with Gasteiger partial charge in [0.25, 0.3) is 0 Å². The van der Waals surface area contributed by atoms with Crippen molar-refractivity contribution in [2.45, 2.75) is 39.2 Å². The summed E-state index contributed by atoms with van der Waals surface area (Å²) < 4.78 is 11.1. The predicted molar refractivity (Wildman–Crippen MR) is 100 cm³/mol. The van der Waals surface area contributed by atoms with Crippen LogP contribution in [0.5, 0.6) is 5.75 Å². The van der Waals surface area contributed by atoms with E-state index in [1.165, 1.54) is 0 Å². The minimum atomic E-state index is -0.0588. The van der Waals surface area contributed by atoms with E-state index in [0.29, 0.717) is 26.0 Å². The lowest BCUT2D eigenvalue weighted by Gasteiger charge is -2.40. The normalized spacial score (nSPS) is 15.8. The van der Waals surface area contributed by atoms with Crippen molar-refractivity contribution < 1.29 is 14.3 Å². The Morgan fingerprint density at radius 2 is 2.08 bits per heavy atom. The minimum Gasteiger partial charge on any atom is -0.494 e. The number of nitrogens with zero attached hydrogens (tertiary/aromatic N) is 1. The Balaban J connectivity index is 1.64. The van der Waals surface area contributed by atoms with Crippen molar-refractivity contribution >= 4 is 17.5 Å². The molecular weight excluding hydrogens is 340 g/mol. The third-order valence-electron chi connectivity index (χ3n) is 4.53. The second kappa shape index (κ2) is 9.41. The summed E-state index contributed by atoms with van der Waals surface area (Å²) in [5.74, 6) is 0.855. The molecule has 1 saturated heterocycles. The SMILES string of the molecule is Cc1cc(OCCCC(=O)NCC(C)(C)N2CCOCC2)ccc1Cl. The molecule has 5 nitrogen and oxygen atoms in total. The molecule has 6 heteroatoms. The van der Waals surface area contributed by atoms with Crippen LogP contribution in [0.2, 0.25) is 5.02 Å². The third kappa shape index (κ3) is 6.49. The number of amides is 1. The Hall–Kier alpha value is -1.30. The molecule has 0 bridgehead atoms. The Bertz CT molecular complexity index is 572. The Labute approximate surface area is 155 Å². The summed E-state index contributed by atoms with van der Waals surface area (Å²) in [4.78, 5) is 14.4. The summed E-state index contributed by atoms with van der Waals surface area (Å²) in [6.07, 6.45) is 1.15. The maximum atomic E-state index is 12.1. The number of halogens is 1. The van der Waals surface area contributed by atoms with Gasteiger partial charge in [-0.15, -0.1) is 0 Å². The second-order valence-electron chi connectivity index (χ2n) is 7.05. The van der Waals surface area contributed by atoms with Gasteiger partial charge in [0.2, 0.25) is 5.91 Å². The number of hydrogen-bond acceptors (Lipinski definition) is 4. The first kappa shape index (κ1) is 20.0. The maximum absolute atomic E-state index is 12.1. The van der Waals surface area contributed by atoms with Crippen LogP contribution < -0.4 is 10.1 Å². The zero-order valence-corrected chi connectivity index (χ0v) is 16.2. The molecule has 0 saturated carbocycles. The Morgan fingerprint density at radius 1 is 1.36 bits per heavy atom. The molecule has 1 aliphatic rings. The zero-order valence-electron chi connectivity index (χ0n) is 15.4.